The Labute approximate surface area is 188 Å². The van der Waals surface area contributed by atoms with Crippen molar-refractivity contribution in [2.45, 2.75) is 90.0 Å². The summed E-state index contributed by atoms with van der Waals surface area (Å²) in [5.74, 6) is -0.379. The van der Waals surface area contributed by atoms with E-state index in [0.717, 1.165) is 5.56 Å². The number of rotatable bonds is 8. The third kappa shape index (κ3) is 5.45. The van der Waals surface area contributed by atoms with Gasteiger partial charge in [-0.1, -0.05) is 25.0 Å². The summed E-state index contributed by atoms with van der Waals surface area (Å²) in [6.07, 6.45) is 5.25. The van der Waals surface area contributed by atoms with Gasteiger partial charge in [-0.25, -0.2) is 9.45 Å². The van der Waals surface area contributed by atoms with E-state index in [0.29, 0.717) is 24.2 Å². The number of hydroxylamine groups is 2. The van der Waals surface area contributed by atoms with Crippen LogP contribution >= 0.6 is 8.37 Å². The van der Waals surface area contributed by atoms with Gasteiger partial charge in [0.15, 0.2) is 0 Å². The first-order chi connectivity index (χ1) is 14.7. The zero-order chi connectivity index (χ0) is 22.7. The van der Waals surface area contributed by atoms with Crippen LogP contribution in [0.5, 0.6) is 0 Å². The summed E-state index contributed by atoms with van der Waals surface area (Å²) in [7, 11) is 2.30. The molecule has 0 spiro atoms. The number of halogens is 1. The number of hydrogen-bond donors (Lipinski definition) is 1. The highest BCUT2D eigenvalue weighted by atomic mass is 31.1. The zero-order valence-corrected chi connectivity index (χ0v) is 20.6. The minimum absolute atomic E-state index is 0.108. The number of benzene rings is 1. The molecule has 0 unspecified atom stereocenters. The topological polar surface area (TPSA) is 48.1 Å². The highest BCUT2D eigenvalue weighted by Crippen LogP contribution is 2.58. The van der Waals surface area contributed by atoms with Crippen molar-refractivity contribution in [3.8, 4) is 0 Å². The van der Waals surface area contributed by atoms with Crippen molar-refractivity contribution in [1.29, 1.82) is 0 Å². The summed E-state index contributed by atoms with van der Waals surface area (Å²) < 4.78 is 18.9. The average Bonchev–Trinajstić information content (AvgIpc) is 3.07. The van der Waals surface area contributed by atoms with Gasteiger partial charge in [0, 0.05) is 43.7 Å². The summed E-state index contributed by atoms with van der Waals surface area (Å²) in [4.78, 5) is 17.9. The molecule has 3 atom stereocenters. The largest absolute Gasteiger partial charge is 0.275 e. The Balaban J connectivity index is 1.94. The quantitative estimate of drug-likeness (QED) is 0.452. The van der Waals surface area contributed by atoms with E-state index in [-0.39, 0.29) is 24.2 Å². The number of fused-ring (bicyclic) bond motifs is 1. The number of hydrogen-bond acceptors (Lipinski definition) is 5. The van der Waals surface area contributed by atoms with Crippen LogP contribution in [0.1, 0.15) is 71.4 Å². The smallest absolute Gasteiger partial charge is 0.247 e. The lowest BCUT2D eigenvalue weighted by atomic mass is 9.89. The van der Waals surface area contributed by atoms with Gasteiger partial charge in [0.05, 0.1) is 7.11 Å². The molecule has 174 valence electrons. The monoisotopic (exact) mass is 452 g/mol. The molecule has 1 aliphatic carbocycles. The van der Waals surface area contributed by atoms with Crippen LogP contribution in [0.2, 0.25) is 0 Å². The Kier molecular flexibility index (Phi) is 8.44. The van der Waals surface area contributed by atoms with Crippen molar-refractivity contribution < 1.29 is 14.0 Å². The first kappa shape index (κ1) is 24.5. The predicted octanol–water partition coefficient (Wildman–Crippen LogP) is 4.84. The first-order valence-corrected chi connectivity index (χ1v) is 12.7. The van der Waals surface area contributed by atoms with Crippen molar-refractivity contribution in [1.82, 2.24) is 19.5 Å². The van der Waals surface area contributed by atoms with Crippen LogP contribution in [0, 0.1) is 5.82 Å². The number of nitrogens with zero attached hydrogens (tertiary/aromatic N) is 3. The van der Waals surface area contributed by atoms with Gasteiger partial charge in [0.25, 0.3) is 0 Å². The Morgan fingerprint density at radius 1 is 1.13 bits per heavy atom. The molecule has 3 rings (SSSR count). The summed E-state index contributed by atoms with van der Waals surface area (Å²) in [5, 5.41) is 5.14. The molecule has 31 heavy (non-hydrogen) atoms. The maximum absolute atomic E-state index is 13.6. The molecule has 1 heterocycles. The van der Waals surface area contributed by atoms with E-state index in [9.17, 15) is 9.18 Å². The van der Waals surface area contributed by atoms with E-state index in [4.69, 9.17) is 4.84 Å². The van der Waals surface area contributed by atoms with Crippen molar-refractivity contribution >= 4 is 14.3 Å². The Morgan fingerprint density at radius 2 is 1.65 bits per heavy atom. The number of carbonyl (C=O) groups excluding carboxylic acids is 1. The zero-order valence-electron chi connectivity index (χ0n) is 19.7. The molecule has 6 nitrogen and oxygen atoms in total. The molecule has 0 aromatic heterocycles. The van der Waals surface area contributed by atoms with Crippen LogP contribution in [0.3, 0.4) is 0 Å². The van der Waals surface area contributed by atoms with Crippen LogP contribution in [0.25, 0.3) is 0 Å². The minimum atomic E-state index is -0.815. The fraction of sp³-hybridized carbons (Fsp3) is 0.696. The van der Waals surface area contributed by atoms with Gasteiger partial charge in [0.2, 0.25) is 5.91 Å². The van der Waals surface area contributed by atoms with Crippen molar-refractivity contribution in [2.75, 3.05) is 14.2 Å². The second-order valence-corrected chi connectivity index (χ2v) is 10.9. The van der Waals surface area contributed by atoms with Crippen molar-refractivity contribution in [2.24, 2.45) is 0 Å². The molecule has 0 bridgehead atoms. The number of nitrogens with one attached hydrogen (secondary N) is 1. The Morgan fingerprint density at radius 3 is 2.10 bits per heavy atom. The van der Waals surface area contributed by atoms with Crippen LogP contribution < -0.4 is 5.09 Å². The van der Waals surface area contributed by atoms with E-state index < -0.39 is 8.37 Å². The summed E-state index contributed by atoms with van der Waals surface area (Å²) in [5.41, 5.74) is 0.920. The molecular weight excluding hydrogens is 414 g/mol. The van der Waals surface area contributed by atoms with Gasteiger partial charge in [-0.2, -0.15) is 0 Å². The van der Waals surface area contributed by atoms with Crippen LogP contribution in [-0.2, 0) is 9.63 Å². The van der Waals surface area contributed by atoms with Crippen LogP contribution in [0.4, 0.5) is 4.39 Å². The standard InChI is InChI=1S/C23H38FN4O2P/c1-16(2)27-21-9-7-8-10-22(21)28(17(3)4)31(27)25-20(15-23(29)26(5)30-6)18-11-13-19(24)14-12-18/h11-14,16-17,20-22,25H,7-10,15H2,1-6H3/t20-,21-,22-/m1/s1. The van der Waals surface area contributed by atoms with Gasteiger partial charge in [-0.05, 0) is 58.2 Å². The van der Waals surface area contributed by atoms with E-state index in [1.54, 1.807) is 19.2 Å². The maximum atomic E-state index is 13.6. The number of amides is 1. The second kappa shape index (κ2) is 10.7. The highest BCUT2D eigenvalue weighted by molar-refractivity contribution is 7.51. The average molecular weight is 453 g/mol. The van der Waals surface area contributed by atoms with Crippen molar-refractivity contribution in [3.05, 3.63) is 35.6 Å². The molecule has 2 fully saturated rings. The lowest BCUT2D eigenvalue weighted by Crippen LogP contribution is -2.43. The Hall–Kier alpha value is -1.11. The molecule has 2 aliphatic rings. The predicted molar refractivity (Wildman–Crippen MR) is 124 cm³/mol. The molecule has 1 saturated carbocycles. The lowest BCUT2D eigenvalue weighted by molar-refractivity contribution is -0.169. The number of carbonyl (C=O) groups is 1. The molecule has 1 N–H and O–H groups in total. The van der Waals surface area contributed by atoms with Gasteiger partial charge >= 0.3 is 0 Å². The molecule has 8 heteroatoms. The van der Waals surface area contributed by atoms with E-state index in [1.165, 1.54) is 50.0 Å². The van der Waals surface area contributed by atoms with E-state index in [1.807, 2.05) is 0 Å². The van der Waals surface area contributed by atoms with E-state index in [2.05, 4.69) is 42.1 Å². The Bertz CT molecular complexity index is 709. The minimum Gasteiger partial charge on any atom is -0.275 e. The molecule has 1 aromatic carbocycles. The maximum Gasteiger partial charge on any atom is 0.247 e. The molecule has 1 saturated heterocycles. The second-order valence-electron chi connectivity index (χ2n) is 9.17. The molecular formula is C23H38FN4O2P. The van der Waals surface area contributed by atoms with Gasteiger partial charge in [0.1, 0.15) is 14.2 Å². The van der Waals surface area contributed by atoms with Crippen LogP contribution in [-0.4, -0.2) is 58.6 Å². The third-order valence-electron chi connectivity index (χ3n) is 6.42. The summed E-state index contributed by atoms with van der Waals surface area (Å²) in [6.45, 7) is 9.07. The van der Waals surface area contributed by atoms with Gasteiger partial charge in [-0.3, -0.25) is 24.1 Å². The molecule has 1 aliphatic heterocycles. The fourth-order valence-electron chi connectivity index (χ4n) is 4.92. The van der Waals surface area contributed by atoms with Crippen molar-refractivity contribution in [3.63, 3.8) is 0 Å². The first-order valence-electron chi connectivity index (χ1n) is 11.4. The van der Waals surface area contributed by atoms with Gasteiger partial charge < -0.3 is 0 Å². The molecule has 1 amide bonds. The summed E-state index contributed by atoms with van der Waals surface area (Å²) >= 11 is 0. The molecule has 0 radical (unpaired) electrons. The van der Waals surface area contributed by atoms with E-state index >= 15 is 0 Å². The normalized spacial score (nSPS) is 24.0. The molecule has 1 aromatic rings. The highest BCUT2D eigenvalue weighted by Gasteiger charge is 2.50. The van der Waals surface area contributed by atoms with Crippen LogP contribution in [0.15, 0.2) is 24.3 Å². The SMILES string of the molecule is CON(C)C(=O)C[C@@H](NP1N(C(C)C)[C@@H]2CCCC[C@H]2N1C(C)C)c1ccc(F)cc1. The van der Waals surface area contributed by atoms with Gasteiger partial charge in [-0.15, -0.1) is 0 Å². The summed E-state index contributed by atoms with van der Waals surface area (Å²) in [6, 6.07) is 8.17. The lowest BCUT2D eigenvalue weighted by Gasteiger charge is -2.38. The third-order valence-corrected chi connectivity index (χ3v) is 9.35. The fourth-order valence-corrected chi connectivity index (χ4v) is 7.92.